The number of ether oxygens (including phenoxy) is 2. The van der Waals surface area contributed by atoms with Crippen LogP contribution >= 0.6 is 0 Å². The smallest absolute Gasteiger partial charge is 0.411 e. The minimum absolute atomic E-state index is 0.0368. The fraction of sp³-hybridized carbons (Fsp3) is 0.706. The fourth-order valence-corrected chi connectivity index (χ4v) is 3.62. The average molecular weight is 335 g/mol. The van der Waals surface area contributed by atoms with Crippen molar-refractivity contribution in [2.24, 2.45) is 0 Å². The number of aromatic nitrogens is 2. The van der Waals surface area contributed by atoms with E-state index in [-0.39, 0.29) is 24.1 Å². The lowest BCUT2D eigenvalue weighted by Crippen LogP contribution is -2.49. The van der Waals surface area contributed by atoms with Gasteiger partial charge in [-0.3, -0.25) is 4.90 Å². The predicted octanol–water partition coefficient (Wildman–Crippen LogP) is 2.90. The zero-order valence-electron chi connectivity index (χ0n) is 14.7. The first kappa shape index (κ1) is 16.8. The molecule has 1 aliphatic carbocycles. The molecule has 0 saturated heterocycles. The molecule has 2 aliphatic rings. The lowest BCUT2D eigenvalue weighted by molar-refractivity contribution is 0.00393. The van der Waals surface area contributed by atoms with Gasteiger partial charge in [0.25, 0.3) is 0 Å². The van der Waals surface area contributed by atoms with Crippen molar-refractivity contribution in [2.45, 2.75) is 71.2 Å². The summed E-state index contributed by atoms with van der Waals surface area (Å²) in [6, 6.07) is 0.0953. The third kappa shape index (κ3) is 2.99. The molecule has 0 aromatic carbocycles. The summed E-state index contributed by atoms with van der Waals surface area (Å²) in [7, 11) is 0. The molecule has 2 atom stereocenters. The van der Waals surface area contributed by atoms with Crippen LogP contribution in [0.4, 0.5) is 4.79 Å². The van der Waals surface area contributed by atoms with E-state index in [2.05, 4.69) is 4.98 Å². The molecule has 0 spiro atoms. The predicted molar refractivity (Wildman–Crippen MR) is 86.6 cm³/mol. The summed E-state index contributed by atoms with van der Waals surface area (Å²) in [5.74, 6) is 0.361. The lowest BCUT2D eigenvalue weighted by Gasteiger charge is -2.39. The van der Waals surface area contributed by atoms with Gasteiger partial charge >= 0.3 is 12.1 Å². The molecule has 0 N–H and O–H groups in total. The molecule has 2 unspecified atom stereocenters. The Balaban J connectivity index is 1.90. The van der Waals surface area contributed by atoms with Crippen molar-refractivity contribution < 1.29 is 19.1 Å². The molecule has 1 aromatic rings. The van der Waals surface area contributed by atoms with E-state index in [9.17, 15) is 9.59 Å². The van der Waals surface area contributed by atoms with Crippen LogP contribution in [-0.4, -0.2) is 44.8 Å². The molecule has 24 heavy (non-hydrogen) atoms. The second-order valence-corrected chi connectivity index (χ2v) is 7.32. The molecule has 1 aromatic heterocycles. The van der Waals surface area contributed by atoms with E-state index in [0.29, 0.717) is 24.7 Å². The minimum atomic E-state index is -0.534. The maximum absolute atomic E-state index is 12.6. The Labute approximate surface area is 141 Å². The van der Waals surface area contributed by atoms with E-state index >= 15 is 0 Å². The van der Waals surface area contributed by atoms with Gasteiger partial charge in [0.2, 0.25) is 0 Å². The number of esters is 1. The van der Waals surface area contributed by atoms with Crippen LogP contribution in [-0.2, 0) is 16.0 Å². The van der Waals surface area contributed by atoms with Crippen LogP contribution in [0.1, 0.15) is 69.3 Å². The third-order valence-electron chi connectivity index (χ3n) is 4.47. The van der Waals surface area contributed by atoms with E-state index in [4.69, 9.17) is 9.47 Å². The molecule has 7 nitrogen and oxygen atoms in total. The topological polar surface area (TPSA) is 73.7 Å². The van der Waals surface area contributed by atoms with E-state index < -0.39 is 5.60 Å². The summed E-state index contributed by atoms with van der Waals surface area (Å²) in [5.41, 5.74) is -0.0543. The maximum atomic E-state index is 12.6. The van der Waals surface area contributed by atoms with Gasteiger partial charge in [-0.2, -0.15) is 0 Å². The number of hydrogen-bond acceptors (Lipinski definition) is 5. The molecule has 7 heteroatoms. The Kier molecular flexibility index (Phi) is 4.27. The van der Waals surface area contributed by atoms with E-state index in [1.54, 1.807) is 18.0 Å². The second-order valence-electron chi connectivity index (χ2n) is 7.32. The average Bonchev–Trinajstić information content (AvgIpc) is 3.10. The second kappa shape index (κ2) is 6.11. The van der Waals surface area contributed by atoms with Crippen LogP contribution in [0, 0.1) is 0 Å². The van der Waals surface area contributed by atoms with E-state index in [1.165, 1.54) is 0 Å². The molecule has 3 rings (SSSR count). The van der Waals surface area contributed by atoms with Gasteiger partial charge in [0.15, 0.2) is 0 Å². The van der Waals surface area contributed by atoms with Crippen LogP contribution in [0.5, 0.6) is 0 Å². The van der Waals surface area contributed by atoms with Gasteiger partial charge < -0.3 is 14.0 Å². The third-order valence-corrected chi connectivity index (χ3v) is 4.47. The largest absolute Gasteiger partial charge is 0.461 e. The molecule has 132 valence electrons. The van der Waals surface area contributed by atoms with Crippen molar-refractivity contribution in [2.75, 3.05) is 6.61 Å². The number of fused-ring (bicyclic) bond motifs is 3. The zero-order valence-corrected chi connectivity index (χ0v) is 14.7. The number of carbonyl (C=O) groups is 2. The van der Waals surface area contributed by atoms with Crippen LogP contribution in [0.25, 0.3) is 0 Å². The quantitative estimate of drug-likeness (QED) is 0.777. The Morgan fingerprint density at radius 3 is 2.67 bits per heavy atom. The van der Waals surface area contributed by atoms with Gasteiger partial charge in [0, 0.05) is 0 Å². The van der Waals surface area contributed by atoms with Gasteiger partial charge in [0.1, 0.15) is 17.1 Å². The van der Waals surface area contributed by atoms with Crippen LogP contribution in [0.3, 0.4) is 0 Å². The number of imidazole rings is 1. The van der Waals surface area contributed by atoms with Crippen LogP contribution in [0.2, 0.25) is 0 Å². The van der Waals surface area contributed by atoms with Gasteiger partial charge in [-0.15, -0.1) is 0 Å². The number of nitrogens with zero attached hydrogens (tertiary/aromatic N) is 3. The molecule has 1 aliphatic heterocycles. The number of rotatable bonds is 2. The minimum Gasteiger partial charge on any atom is -0.461 e. The van der Waals surface area contributed by atoms with Crippen molar-refractivity contribution in [1.82, 2.24) is 14.5 Å². The standard InChI is InChI=1S/C17H25N3O4/c1-5-23-15(21)13-9-18-14-10-19(16(22)24-17(2,3)4)11-7-6-8-12(11)20(13)14/h9,11-12H,5-8,10H2,1-4H3. The van der Waals surface area contributed by atoms with Gasteiger partial charge in [-0.1, -0.05) is 0 Å². The summed E-state index contributed by atoms with van der Waals surface area (Å²) < 4.78 is 12.7. The first-order chi connectivity index (χ1) is 11.3. The van der Waals surface area contributed by atoms with Crippen molar-refractivity contribution >= 4 is 12.1 Å². The highest BCUT2D eigenvalue weighted by Gasteiger charge is 2.44. The summed E-state index contributed by atoms with van der Waals surface area (Å²) in [4.78, 5) is 30.9. The first-order valence-corrected chi connectivity index (χ1v) is 8.54. The van der Waals surface area contributed by atoms with Crippen molar-refractivity contribution in [3.8, 4) is 0 Å². The zero-order chi connectivity index (χ0) is 17.5. The number of amides is 1. The Bertz CT molecular complexity index is 647. The monoisotopic (exact) mass is 335 g/mol. The molecule has 0 bridgehead atoms. The first-order valence-electron chi connectivity index (χ1n) is 8.54. The molecular formula is C17H25N3O4. The van der Waals surface area contributed by atoms with Crippen molar-refractivity contribution in [1.29, 1.82) is 0 Å². The van der Waals surface area contributed by atoms with E-state index in [0.717, 1.165) is 19.3 Å². The fourth-order valence-electron chi connectivity index (χ4n) is 3.62. The molecule has 0 radical (unpaired) electrons. The summed E-state index contributed by atoms with van der Waals surface area (Å²) in [6.45, 7) is 8.06. The molecular weight excluding hydrogens is 310 g/mol. The lowest BCUT2D eigenvalue weighted by atomic mass is 10.1. The van der Waals surface area contributed by atoms with Gasteiger partial charge in [0.05, 0.1) is 31.4 Å². The number of carbonyl (C=O) groups excluding carboxylic acids is 2. The van der Waals surface area contributed by atoms with Gasteiger partial charge in [-0.25, -0.2) is 14.6 Å². The highest BCUT2D eigenvalue weighted by atomic mass is 16.6. The van der Waals surface area contributed by atoms with Crippen LogP contribution < -0.4 is 0 Å². The Morgan fingerprint density at radius 2 is 2.00 bits per heavy atom. The molecule has 2 heterocycles. The van der Waals surface area contributed by atoms with Gasteiger partial charge in [-0.05, 0) is 47.0 Å². The van der Waals surface area contributed by atoms with E-state index in [1.807, 2.05) is 25.3 Å². The normalized spacial score (nSPS) is 22.8. The summed E-state index contributed by atoms with van der Waals surface area (Å²) in [5, 5.41) is 0. The molecule has 1 fully saturated rings. The van der Waals surface area contributed by atoms with Crippen LogP contribution in [0.15, 0.2) is 6.20 Å². The van der Waals surface area contributed by atoms with Crippen molar-refractivity contribution in [3.05, 3.63) is 17.7 Å². The summed E-state index contributed by atoms with van der Waals surface area (Å²) in [6.07, 6.45) is 4.07. The number of hydrogen-bond donors (Lipinski definition) is 0. The van der Waals surface area contributed by atoms with Crippen molar-refractivity contribution in [3.63, 3.8) is 0 Å². The maximum Gasteiger partial charge on any atom is 0.411 e. The summed E-state index contributed by atoms with van der Waals surface area (Å²) >= 11 is 0. The highest BCUT2D eigenvalue weighted by molar-refractivity contribution is 5.87. The molecule has 1 amide bonds. The SMILES string of the molecule is CCOC(=O)c1cnc2n1C1CCCC1N(C(=O)OC(C)(C)C)C2. The molecule has 1 saturated carbocycles. The Hall–Kier alpha value is -2.05. The highest BCUT2D eigenvalue weighted by Crippen LogP contribution is 2.40. The Morgan fingerprint density at radius 1 is 1.29 bits per heavy atom.